The predicted molar refractivity (Wildman–Crippen MR) is 91.4 cm³/mol. The molecule has 24 heavy (non-hydrogen) atoms. The lowest BCUT2D eigenvalue weighted by Gasteiger charge is -2.12. The van der Waals surface area contributed by atoms with Crippen LogP contribution in [0.3, 0.4) is 0 Å². The van der Waals surface area contributed by atoms with Gasteiger partial charge in [-0.3, -0.25) is 9.59 Å². The van der Waals surface area contributed by atoms with Gasteiger partial charge in [-0.05, 0) is 48.9 Å². The predicted octanol–water partition coefficient (Wildman–Crippen LogP) is 2.42. The molecule has 0 radical (unpaired) electrons. The molecule has 0 spiro atoms. The highest BCUT2D eigenvalue weighted by Crippen LogP contribution is 2.21. The first-order chi connectivity index (χ1) is 11.4. The number of nitrogens with zero attached hydrogens (tertiary/aromatic N) is 1. The summed E-state index contributed by atoms with van der Waals surface area (Å²) in [5.74, 6) is -0.0674. The van der Waals surface area contributed by atoms with E-state index >= 15 is 0 Å². The van der Waals surface area contributed by atoms with Gasteiger partial charge in [0.1, 0.15) is 11.5 Å². The number of carbonyl (C=O) groups excluding carboxylic acids is 2. The van der Waals surface area contributed by atoms with Gasteiger partial charge in [0.05, 0.1) is 5.56 Å². The van der Waals surface area contributed by atoms with Crippen LogP contribution in [0.1, 0.15) is 15.9 Å². The fourth-order valence-corrected chi connectivity index (χ4v) is 1.94. The lowest BCUT2D eigenvalue weighted by Crippen LogP contribution is -2.27. The van der Waals surface area contributed by atoms with E-state index < -0.39 is 5.91 Å². The molecule has 0 aromatic heterocycles. The van der Waals surface area contributed by atoms with E-state index in [1.807, 2.05) is 6.92 Å². The molecule has 126 valence electrons. The number of hydrogen-bond acceptors (Lipinski definition) is 4. The molecule has 2 N–H and O–H groups in total. The zero-order valence-electron chi connectivity index (χ0n) is 13.9. The molecule has 0 aliphatic heterocycles. The summed E-state index contributed by atoms with van der Waals surface area (Å²) in [4.78, 5) is 25.1. The summed E-state index contributed by atoms with van der Waals surface area (Å²) in [5.41, 5.74) is 1.64. The summed E-state index contributed by atoms with van der Waals surface area (Å²) in [6.07, 6.45) is 0. The van der Waals surface area contributed by atoms with Gasteiger partial charge in [-0.25, -0.2) is 0 Å². The standard InChI is InChI=1S/C18H20N2O4/c1-12-4-9-15(16(21)10-12)18(23)19-13-5-7-14(8-6-13)24-11-17(22)20(2)3/h4-10,21H,11H2,1-3H3,(H,19,23). The molecule has 0 aliphatic rings. The van der Waals surface area contributed by atoms with E-state index in [9.17, 15) is 14.7 Å². The number of phenolic OH excluding ortho intramolecular Hbond substituents is 1. The minimum atomic E-state index is -0.399. The van der Waals surface area contributed by atoms with Crippen LogP contribution in [0.15, 0.2) is 42.5 Å². The van der Waals surface area contributed by atoms with E-state index in [-0.39, 0.29) is 23.8 Å². The Morgan fingerprint density at radius 1 is 1.12 bits per heavy atom. The van der Waals surface area contributed by atoms with Gasteiger partial charge in [0.15, 0.2) is 6.61 Å². The van der Waals surface area contributed by atoms with Crippen molar-refractivity contribution in [1.29, 1.82) is 0 Å². The van der Waals surface area contributed by atoms with Crippen LogP contribution < -0.4 is 10.1 Å². The van der Waals surface area contributed by atoms with Gasteiger partial charge in [0.25, 0.3) is 11.8 Å². The number of ether oxygens (including phenoxy) is 1. The highest BCUT2D eigenvalue weighted by atomic mass is 16.5. The summed E-state index contributed by atoms with van der Waals surface area (Å²) in [6, 6.07) is 11.5. The molecule has 0 unspecified atom stereocenters. The molecule has 0 bridgehead atoms. The van der Waals surface area contributed by atoms with E-state index in [4.69, 9.17) is 4.74 Å². The zero-order chi connectivity index (χ0) is 17.7. The lowest BCUT2D eigenvalue weighted by atomic mass is 10.1. The second-order valence-electron chi connectivity index (χ2n) is 5.58. The summed E-state index contributed by atoms with van der Waals surface area (Å²) in [6.45, 7) is 1.79. The number of benzene rings is 2. The number of nitrogens with one attached hydrogen (secondary N) is 1. The first kappa shape index (κ1) is 17.3. The van der Waals surface area contributed by atoms with Gasteiger partial charge in [-0.2, -0.15) is 0 Å². The number of likely N-dealkylation sites (N-methyl/N-ethyl adjacent to an activating group) is 1. The van der Waals surface area contributed by atoms with Crippen molar-refractivity contribution in [2.45, 2.75) is 6.92 Å². The molecule has 0 fully saturated rings. The van der Waals surface area contributed by atoms with Gasteiger partial charge in [0, 0.05) is 19.8 Å². The van der Waals surface area contributed by atoms with Crippen molar-refractivity contribution < 1.29 is 19.4 Å². The van der Waals surface area contributed by atoms with Crippen LogP contribution >= 0.6 is 0 Å². The summed E-state index contributed by atoms with van der Waals surface area (Å²) >= 11 is 0. The maximum absolute atomic E-state index is 12.2. The van der Waals surface area contributed by atoms with Gasteiger partial charge < -0.3 is 20.1 Å². The highest BCUT2D eigenvalue weighted by Gasteiger charge is 2.11. The maximum Gasteiger partial charge on any atom is 0.259 e. The first-order valence-corrected chi connectivity index (χ1v) is 7.41. The monoisotopic (exact) mass is 328 g/mol. The average Bonchev–Trinajstić information content (AvgIpc) is 2.53. The Morgan fingerprint density at radius 2 is 1.79 bits per heavy atom. The van der Waals surface area contributed by atoms with Crippen molar-refractivity contribution in [3.63, 3.8) is 0 Å². The number of amides is 2. The molecule has 6 nitrogen and oxygen atoms in total. The first-order valence-electron chi connectivity index (χ1n) is 7.41. The average molecular weight is 328 g/mol. The van der Waals surface area contributed by atoms with Gasteiger partial charge in [0.2, 0.25) is 0 Å². The number of aromatic hydroxyl groups is 1. The van der Waals surface area contributed by atoms with Crippen LogP contribution in [0.25, 0.3) is 0 Å². The minimum Gasteiger partial charge on any atom is -0.507 e. The number of anilines is 1. The highest BCUT2D eigenvalue weighted by molar-refractivity contribution is 6.06. The van der Waals surface area contributed by atoms with E-state index in [1.165, 1.54) is 11.0 Å². The lowest BCUT2D eigenvalue weighted by molar-refractivity contribution is -0.130. The molecule has 0 heterocycles. The summed E-state index contributed by atoms with van der Waals surface area (Å²) < 4.78 is 5.36. The summed E-state index contributed by atoms with van der Waals surface area (Å²) in [5, 5.41) is 12.5. The van der Waals surface area contributed by atoms with Crippen LogP contribution in [0, 0.1) is 6.92 Å². The Bertz CT molecular complexity index is 739. The number of carbonyl (C=O) groups is 2. The number of aryl methyl sites for hydroxylation is 1. The third kappa shape index (κ3) is 4.49. The van der Waals surface area contributed by atoms with Crippen molar-refractivity contribution in [3.8, 4) is 11.5 Å². The molecular formula is C18H20N2O4. The molecule has 0 saturated carbocycles. The van der Waals surface area contributed by atoms with E-state index in [0.29, 0.717) is 11.4 Å². The maximum atomic E-state index is 12.2. The molecule has 2 rings (SSSR count). The van der Waals surface area contributed by atoms with E-state index in [0.717, 1.165) is 5.56 Å². The van der Waals surface area contributed by atoms with Crippen molar-refractivity contribution in [1.82, 2.24) is 4.90 Å². The second kappa shape index (κ2) is 7.50. The molecule has 2 aromatic carbocycles. The Morgan fingerprint density at radius 3 is 2.38 bits per heavy atom. The van der Waals surface area contributed by atoms with Crippen LogP contribution in [-0.4, -0.2) is 42.5 Å². The second-order valence-corrected chi connectivity index (χ2v) is 5.58. The zero-order valence-corrected chi connectivity index (χ0v) is 13.9. The summed E-state index contributed by atoms with van der Waals surface area (Å²) in [7, 11) is 3.32. The fourth-order valence-electron chi connectivity index (χ4n) is 1.94. The normalized spacial score (nSPS) is 10.1. The molecule has 6 heteroatoms. The topological polar surface area (TPSA) is 78.9 Å². The minimum absolute atomic E-state index is 0.0457. The van der Waals surface area contributed by atoms with Crippen molar-refractivity contribution >= 4 is 17.5 Å². The largest absolute Gasteiger partial charge is 0.507 e. The SMILES string of the molecule is Cc1ccc(C(=O)Nc2ccc(OCC(=O)N(C)C)cc2)c(O)c1. The van der Waals surface area contributed by atoms with Gasteiger partial charge in [-0.15, -0.1) is 0 Å². The van der Waals surface area contributed by atoms with Crippen molar-refractivity contribution in [3.05, 3.63) is 53.6 Å². The number of hydrogen-bond donors (Lipinski definition) is 2. The quantitative estimate of drug-likeness (QED) is 0.883. The third-order valence-electron chi connectivity index (χ3n) is 3.37. The van der Waals surface area contributed by atoms with Crippen molar-refractivity contribution in [2.24, 2.45) is 0 Å². The molecule has 2 amide bonds. The Kier molecular flexibility index (Phi) is 5.42. The van der Waals surface area contributed by atoms with Crippen LogP contribution in [0.2, 0.25) is 0 Å². The Balaban J connectivity index is 1.98. The van der Waals surface area contributed by atoms with Gasteiger partial charge >= 0.3 is 0 Å². The van der Waals surface area contributed by atoms with E-state index in [1.54, 1.807) is 50.5 Å². The van der Waals surface area contributed by atoms with Crippen LogP contribution in [0.5, 0.6) is 11.5 Å². The van der Waals surface area contributed by atoms with Crippen LogP contribution in [0.4, 0.5) is 5.69 Å². The molecule has 0 atom stereocenters. The third-order valence-corrected chi connectivity index (χ3v) is 3.37. The van der Waals surface area contributed by atoms with Crippen LogP contribution in [-0.2, 0) is 4.79 Å². The molecule has 0 aliphatic carbocycles. The Labute approximate surface area is 140 Å². The van der Waals surface area contributed by atoms with E-state index in [2.05, 4.69) is 5.32 Å². The Hall–Kier alpha value is -3.02. The smallest absolute Gasteiger partial charge is 0.259 e. The van der Waals surface area contributed by atoms with Gasteiger partial charge in [-0.1, -0.05) is 6.07 Å². The molecule has 0 saturated heterocycles. The molecule has 2 aromatic rings. The molecular weight excluding hydrogens is 308 g/mol. The fraction of sp³-hybridized carbons (Fsp3) is 0.222. The van der Waals surface area contributed by atoms with Crippen molar-refractivity contribution in [2.75, 3.05) is 26.0 Å². The number of phenols is 1. The number of rotatable bonds is 5.